The van der Waals surface area contributed by atoms with Crippen molar-refractivity contribution in [2.24, 2.45) is 4.99 Å². The van der Waals surface area contributed by atoms with Gasteiger partial charge in [0.2, 0.25) is 0 Å². The van der Waals surface area contributed by atoms with Crippen LogP contribution in [0.2, 0.25) is 0 Å². The van der Waals surface area contributed by atoms with Gasteiger partial charge in [-0.25, -0.2) is 4.99 Å². The van der Waals surface area contributed by atoms with E-state index in [-0.39, 0.29) is 11.4 Å². The van der Waals surface area contributed by atoms with Crippen LogP contribution in [-0.4, -0.2) is 34.6 Å². The third kappa shape index (κ3) is 3.71. The fourth-order valence-corrected chi connectivity index (χ4v) is 3.43. The molecule has 5 nitrogen and oxygen atoms in total. The van der Waals surface area contributed by atoms with Gasteiger partial charge in [0.25, 0.3) is 5.91 Å². The van der Waals surface area contributed by atoms with E-state index in [1.807, 2.05) is 44.1 Å². The van der Waals surface area contributed by atoms with Gasteiger partial charge in [-0.2, -0.15) is 0 Å². The molecule has 138 valence electrons. The Morgan fingerprint density at radius 1 is 1.31 bits per heavy atom. The number of nitrogens with zero attached hydrogens (tertiary/aromatic N) is 3. The number of aliphatic imine (C=N–C) groups is 1. The van der Waals surface area contributed by atoms with Crippen molar-refractivity contribution in [1.82, 2.24) is 15.2 Å². The van der Waals surface area contributed by atoms with E-state index in [2.05, 4.69) is 28.9 Å². The normalized spacial score (nSPS) is 18.4. The Morgan fingerprint density at radius 3 is 2.65 bits per heavy atom. The van der Waals surface area contributed by atoms with Gasteiger partial charge in [0.15, 0.2) is 0 Å². The van der Waals surface area contributed by atoms with Crippen LogP contribution in [0.4, 0.5) is 0 Å². The van der Waals surface area contributed by atoms with Crippen molar-refractivity contribution in [2.45, 2.75) is 59.0 Å². The number of pyridine rings is 1. The fraction of sp³-hybridized carbons (Fsp3) is 0.476. The van der Waals surface area contributed by atoms with Crippen LogP contribution < -0.4 is 5.32 Å². The average molecular weight is 352 g/mol. The summed E-state index contributed by atoms with van der Waals surface area (Å²) < 4.78 is 0. The number of aromatic nitrogens is 1. The van der Waals surface area contributed by atoms with Crippen LogP contribution in [0.15, 0.2) is 46.0 Å². The zero-order chi connectivity index (χ0) is 18.9. The predicted octanol–water partition coefficient (Wildman–Crippen LogP) is 3.38. The maximum absolute atomic E-state index is 13.3. The van der Waals surface area contributed by atoms with E-state index in [0.717, 1.165) is 48.1 Å². The molecule has 0 aromatic carbocycles. The van der Waals surface area contributed by atoms with E-state index >= 15 is 0 Å². The Labute approximate surface area is 155 Å². The highest BCUT2D eigenvalue weighted by atomic mass is 16.2. The lowest BCUT2D eigenvalue weighted by Gasteiger charge is -2.30. The lowest BCUT2D eigenvalue weighted by atomic mass is 9.97. The zero-order valence-electron chi connectivity index (χ0n) is 16.2. The molecule has 0 atom stereocenters. The zero-order valence-corrected chi connectivity index (χ0v) is 16.2. The lowest BCUT2D eigenvalue weighted by molar-refractivity contribution is -0.127. The molecule has 0 saturated heterocycles. The summed E-state index contributed by atoms with van der Waals surface area (Å²) in [6.07, 6.45) is 6.79. The van der Waals surface area contributed by atoms with Crippen molar-refractivity contribution in [3.05, 3.63) is 52.1 Å². The number of carbonyl (C=O) groups is 1. The molecule has 1 aromatic rings. The number of hydrogen-bond donors (Lipinski definition) is 1. The monoisotopic (exact) mass is 352 g/mol. The van der Waals surface area contributed by atoms with Crippen LogP contribution in [0.25, 0.3) is 0 Å². The SMILES string of the molecule is C=N/C(NC1(C)CC1)=C(\C)C(C(=O)N1CCc2ccncc2C1)=C(C)C. The van der Waals surface area contributed by atoms with Crippen molar-refractivity contribution < 1.29 is 4.79 Å². The summed E-state index contributed by atoms with van der Waals surface area (Å²) in [5.74, 6) is 0.773. The molecule has 1 aliphatic heterocycles. The van der Waals surface area contributed by atoms with Crippen LogP contribution in [-0.2, 0) is 17.8 Å². The third-order valence-corrected chi connectivity index (χ3v) is 5.33. The van der Waals surface area contributed by atoms with Crippen molar-refractivity contribution in [1.29, 1.82) is 0 Å². The van der Waals surface area contributed by atoms with Gasteiger partial charge < -0.3 is 10.2 Å². The van der Waals surface area contributed by atoms with Crippen LogP contribution in [0.1, 0.15) is 51.7 Å². The molecule has 0 bridgehead atoms. The standard InChI is InChI=1S/C21H28N4O/c1-14(2)18(15(3)19(22-5)24-21(4)8-9-21)20(26)25-11-7-16-6-10-23-12-17(16)13-25/h6,10,12,24H,5,7-9,11,13H2,1-4H3/b19-15-. The number of hydrogen-bond acceptors (Lipinski definition) is 4. The number of nitrogens with one attached hydrogen (secondary N) is 1. The first-order valence-electron chi connectivity index (χ1n) is 9.19. The van der Waals surface area contributed by atoms with Crippen LogP contribution in [0.5, 0.6) is 0 Å². The third-order valence-electron chi connectivity index (χ3n) is 5.33. The Kier molecular flexibility index (Phi) is 4.99. The molecule has 26 heavy (non-hydrogen) atoms. The molecular weight excluding hydrogens is 324 g/mol. The minimum Gasteiger partial charge on any atom is -0.365 e. The topological polar surface area (TPSA) is 57.6 Å². The van der Waals surface area contributed by atoms with Gasteiger partial charge in [-0.15, -0.1) is 0 Å². The molecule has 1 N–H and O–H groups in total. The van der Waals surface area contributed by atoms with Gasteiger partial charge in [-0.1, -0.05) is 5.57 Å². The highest BCUT2D eigenvalue weighted by molar-refractivity contribution is 5.98. The van der Waals surface area contributed by atoms with Crippen molar-refractivity contribution in [3.8, 4) is 0 Å². The molecule has 1 saturated carbocycles. The van der Waals surface area contributed by atoms with Gasteiger partial charge in [-0.3, -0.25) is 9.78 Å². The Balaban J connectivity index is 1.87. The van der Waals surface area contributed by atoms with E-state index in [9.17, 15) is 4.79 Å². The molecule has 3 rings (SSSR count). The molecule has 2 heterocycles. The summed E-state index contributed by atoms with van der Waals surface area (Å²) in [5.41, 5.74) is 5.10. The van der Waals surface area contributed by atoms with E-state index < -0.39 is 0 Å². The summed E-state index contributed by atoms with van der Waals surface area (Å²) in [5, 5.41) is 3.46. The first kappa shape index (κ1) is 18.4. The second-order valence-corrected chi connectivity index (χ2v) is 7.81. The average Bonchev–Trinajstić information content (AvgIpc) is 3.36. The number of carbonyl (C=O) groups excluding carboxylic acids is 1. The molecule has 2 aliphatic rings. The molecular formula is C21H28N4O. The summed E-state index contributed by atoms with van der Waals surface area (Å²) >= 11 is 0. The van der Waals surface area contributed by atoms with Gasteiger partial charge in [0.1, 0.15) is 5.82 Å². The van der Waals surface area contributed by atoms with E-state index in [1.165, 1.54) is 5.56 Å². The van der Waals surface area contributed by atoms with Gasteiger partial charge in [0, 0.05) is 42.2 Å². The summed E-state index contributed by atoms with van der Waals surface area (Å²) in [6.45, 7) is 13.1. The smallest absolute Gasteiger partial charge is 0.254 e. The van der Waals surface area contributed by atoms with E-state index in [1.54, 1.807) is 0 Å². The minimum atomic E-state index is 0.0564. The van der Waals surface area contributed by atoms with Crippen LogP contribution in [0.3, 0.4) is 0 Å². The lowest BCUT2D eigenvalue weighted by Crippen LogP contribution is -2.38. The van der Waals surface area contributed by atoms with E-state index in [0.29, 0.717) is 12.4 Å². The number of amides is 1. The summed E-state index contributed by atoms with van der Waals surface area (Å²) in [6, 6.07) is 2.05. The maximum Gasteiger partial charge on any atom is 0.254 e. The number of fused-ring (bicyclic) bond motifs is 1. The molecule has 1 aromatic heterocycles. The highest BCUT2D eigenvalue weighted by Crippen LogP contribution is 2.36. The van der Waals surface area contributed by atoms with Gasteiger partial charge >= 0.3 is 0 Å². The molecule has 5 heteroatoms. The maximum atomic E-state index is 13.3. The molecule has 1 fully saturated rings. The molecule has 0 radical (unpaired) electrons. The minimum absolute atomic E-state index is 0.0564. The Morgan fingerprint density at radius 2 is 2.04 bits per heavy atom. The van der Waals surface area contributed by atoms with Crippen molar-refractivity contribution >= 4 is 12.6 Å². The number of rotatable bonds is 5. The first-order valence-corrected chi connectivity index (χ1v) is 9.19. The van der Waals surface area contributed by atoms with Gasteiger partial charge in [0.05, 0.1) is 0 Å². The summed E-state index contributed by atoms with van der Waals surface area (Å²) in [4.78, 5) is 23.6. The molecule has 1 amide bonds. The molecule has 0 unspecified atom stereocenters. The molecule has 0 spiro atoms. The van der Waals surface area contributed by atoms with Crippen LogP contribution >= 0.6 is 0 Å². The second kappa shape index (κ2) is 7.06. The summed E-state index contributed by atoms with van der Waals surface area (Å²) in [7, 11) is 0. The van der Waals surface area contributed by atoms with Crippen molar-refractivity contribution in [2.75, 3.05) is 6.54 Å². The molecule has 1 aliphatic carbocycles. The number of allylic oxidation sites excluding steroid dienone is 1. The fourth-order valence-electron chi connectivity index (χ4n) is 3.43. The Hall–Kier alpha value is -2.43. The van der Waals surface area contributed by atoms with Gasteiger partial charge in [-0.05, 0) is 70.9 Å². The largest absolute Gasteiger partial charge is 0.365 e. The first-order chi connectivity index (χ1) is 12.3. The predicted molar refractivity (Wildman–Crippen MR) is 105 cm³/mol. The van der Waals surface area contributed by atoms with E-state index in [4.69, 9.17) is 0 Å². The van der Waals surface area contributed by atoms with Crippen molar-refractivity contribution in [3.63, 3.8) is 0 Å². The highest BCUT2D eigenvalue weighted by Gasteiger charge is 2.38. The van der Waals surface area contributed by atoms with Crippen LogP contribution in [0, 0.1) is 0 Å². The Bertz CT molecular complexity index is 798. The second-order valence-electron chi connectivity index (χ2n) is 7.81. The quantitative estimate of drug-likeness (QED) is 0.502.